The quantitative estimate of drug-likeness (QED) is 0.323. The number of rotatable bonds is 13. The lowest BCUT2D eigenvalue weighted by molar-refractivity contribution is -0.160. The number of hydrogen-bond donors (Lipinski definition) is 2. The van der Waals surface area contributed by atoms with Crippen LogP contribution in [0.3, 0.4) is 0 Å². The third kappa shape index (κ3) is 9.62. The molecule has 0 aromatic heterocycles. The number of nitrogens with one attached hydrogen (secondary N) is 1. The van der Waals surface area contributed by atoms with Crippen molar-refractivity contribution in [3.8, 4) is 0 Å². The van der Waals surface area contributed by atoms with E-state index in [4.69, 9.17) is 18.9 Å². The molecule has 2 atom stereocenters. The summed E-state index contributed by atoms with van der Waals surface area (Å²) in [6.45, 7) is 3.19. The summed E-state index contributed by atoms with van der Waals surface area (Å²) in [4.78, 5) is 46.9. The number of carbonyl (C=O) groups is 4. The molecule has 10 heteroatoms. The molecule has 0 fully saturated rings. The van der Waals surface area contributed by atoms with Crippen molar-refractivity contribution in [1.29, 1.82) is 0 Å². The van der Waals surface area contributed by atoms with Crippen molar-refractivity contribution in [1.82, 2.24) is 5.32 Å². The SMILES string of the molecule is CCOC(=O)C[C@H](C(=O)OCC)[C@@H](NC(=O)COCCOC)C(=O)O. The molecule has 0 aliphatic carbocycles. The highest BCUT2D eigenvalue weighted by Gasteiger charge is 2.38. The Hall–Kier alpha value is -2.20. The van der Waals surface area contributed by atoms with Crippen molar-refractivity contribution in [2.75, 3.05) is 40.1 Å². The molecule has 0 unspecified atom stereocenters. The fraction of sp³-hybridized carbons (Fsp3) is 0.733. The number of carbonyl (C=O) groups excluding carboxylic acids is 3. The van der Waals surface area contributed by atoms with Gasteiger partial charge in [0.25, 0.3) is 0 Å². The van der Waals surface area contributed by atoms with Gasteiger partial charge in [0.2, 0.25) is 5.91 Å². The summed E-state index contributed by atoms with van der Waals surface area (Å²) in [6, 6.07) is -1.65. The Balaban J connectivity index is 5.00. The zero-order valence-electron chi connectivity index (χ0n) is 14.6. The molecule has 0 aromatic carbocycles. The van der Waals surface area contributed by atoms with Crippen LogP contribution in [0, 0.1) is 5.92 Å². The van der Waals surface area contributed by atoms with Crippen LogP contribution in [0.4, 0.5) is 0 Å². The highest BCUT2D eigenvalue weighted by Crippen LogP contribution is 2.14. The monoisotopic (exact) mass is 363 g/mol. The number of hydrogen-bond acceptors (Lipinski definition) is 8. The Bertz CT molecular complexity index is 452. The predicted octanol–water partition coefficient (Wildman–Crippen LogP) is -0.649. The minimum Gasteiger partial charge on any atom is -0.480 e. The molecule has 0 bridgehead atoms. The fourth-order valence-corrected chi connectivity index (χ4v) is 1.84. The predicted molar refractivity (Wildman–Crippen MR) is 83.6 cm³/mol. The molecule has 0 spiro atoms. The highest BCUT2D eigenvalue weighted by atomic mass is 16.5. The van der Waals surface area contributed by atoms with Crippen LogP contribution in [0.1, 0.15) is 20.3 Å². The largest absolute Gasteiger partial charge is 0.480 e. The lowest BCUT2D eigenvalue weighted by Gasteiger charge is -2.22. The third-order valence-corrected chi connectivity index (χ3v) is 2.93. The van der Waals surface area contributed by atoms with Crippen molar-refractivity contribution >= 4 is 23.8 Å². The molecule has 0 saturated heterocycles. The van der Waals surface area contributed by atoms with Crippen molar-refractivity contribution in [2.45, 2.75) is 26.3 Å². The van der Waals surface area contributed by atoms with Crippen LogP contribution in [0.15, 0.2) is 0 Å². The third-order valence-electron chi connectivity index (χ3n) is 2.93. The molecule has 0 radical (unpaired) electrons. The topological polar surface area (TPSA) is 137 Å². The van der Waals surface area contributed by atoms with E-state index in [0.29, 0.717) is 0 Å². The molecule has 0 aliphatic heterocycles. The van der Waals surface area contributed by atoms with Crippen LogP contribution >= 0.6 is 0 Å². The Morgan fingerprint density at radius 3 is 2.20 bits per heavy atom. The molecule has 1 amide bonds. The number of aliphatic carboxylic acids is 1. The summed E-state index contributed by atoms with van der Waals surface area (Å²) in [7, 11) is 1.46. The first kappa shape index (κ1) is 22.8. The van der Waals surface area contributed by atoms with Gasteiger partial charge in [-0.05, 0) is 13.8 Å². The van der Waals surface area contributed by atoms with Crippen LogP contribution in [0.2, 0.25) is 0 Å². The second-order valence-electron chi connectivity index (χ2n) is 4.80. The minimum atomic E-state index is -1.65. The van der Waals surface area contributed by atoms with E-state index in [9.17, 15) is 24.3 Å². The van der Waals surface area contributed by atoms with Gasteiger partial charge in [0.15, 0.2) is 0 Å². The van der Waals surface area contributed by atoms with Crippen LogP contribution in [0.25, 0.3) is 0 Å². The first-order valence-electron chi connectivity index (χ1n) is 7.78. The molecule has 0 aromatic rings. The summed E-state index contributed by atoms with van der Waals surface area (Å²) in [5, 5.41) is 11.5. The number of esters is 2. The number of ether oxygens (including phenoxy) is 4. The number of carboxylic acid groups (broad SMARTS) is 1. The smallest absolute Gasteiger partial charge is 0.327 e. The molecule has 0 saturated carbocycles. The van der Waals surface area contributed by atoms with E-state index in [1.165, 1.54) is 14.0 Å². The van der Waals surface area contributed by atoms with Crippen LogP contribution in [-0.4, -0.2) is 75.1 Å². The van der Waals surface area contributed by atoms with Gasteiger partial charge in [0, 0.05) is 7.11 Å². The van der Waals surface area contributed by atoms with Gasteiger partial charge < -0.3 is 29.4 Å². The highest BCUT2D eigenvalue weighted by molar-refractivity contribution is 5.90. The van der Waals surface area contributed by atoms with E-state index >= 15 is 0 Å². The van der Waals surface area contributed by atoms with Gasteiger partial charge in [-0.1, -0.05) is 0 Å². The van der Waals surface area contributed by atoms with E-state index in [1.54, 1.807) is 6.92 Å². The molecule has 0 aliphatic rings. The second-order valence-corrected chi connectivity index (χ2v) is 4.80. The lowest BCUT2D eigenvalue weighted by atomic mass is 9.96. The van der Waals surface area contributed by atoms with Gasteiger partial charge >= 0.3 is 17.9 Å². The Labute approximate surface area is 145 Å². The number of amides is 1. The normalized spacial score (nSPS) is 12.8. The molecule has 0 rings (SSSR count). The second kappa shape index (κ2) is 13.1. The van der Waals surface area contributed by atoms with Gasteiger partial charge in [-0.15, -0.1) is 0 Å². The summed E-state index contributed by atoms with van der Waals surface area (Å²) in [5.41, 5.74) is 0. The minimum absolute atomic E-state index is 0.00142. The average Bonchev–Trinajstić information content (AvgIpc) is 2.55. The molecule has 10 nitrogen and oxygen atoms in total. The van der Waals surface area contributed by atoms with Crippen LogP contribution in [-0.2, 0) is 38.1 Å². The maximum absolute atomic E-state index is 12.0. The Morgan fingerprint density at radius 2 is 1.68 bits per heavy atom. The van der Waals surface area contributed by atoms with E-state index in [-0.39, 0.29) is 26.4 Å². The molecule has 2 N–H and O–H groups in total. The van der Waals surface area contributed by atoms with Crippen LogP contribution in [0.5, 0.6) is 0 Å². The number of carboxylic acids is 1. The van der Waals surface area contributed by atoms with Crippen molar-refractivity contribution < 1.29 is 43.2 Å². The van der Waals surface area contributed by atoms with Gasteiger partial charge in [0.1, 0.15) is 12.6 Å². The zero-order valence-corrected chi connectivity index (χ0v) is 14.6. The Morgan fingerprint density at radius 1 is 1.04 bits per heavy atom. The molecule has 25 heavy (non-hydrogen) atoms. The van der Waals surface area contributed by atoms with Crippen LogP contribution < -0.4 is 5.32 Å². The summed E-state index contributed by atoms with van der Waals surface area (Å²) < 4.78 is 19.3. The summed E-state index contributed by atoms with van der Waals surface area (Å²) >= 11 is 0. The summed E-state index contributed by atoms with van der Waals surface area (Å²) in [5.74, 6) is -5.32. The van der Waals surface area contributed by atoms with Gasteiger partial charge in [-0.3, -0.25) is 14.4 Å². The van der Waals surface area contributed by atoms with Gasteiger partial charge in [-0.25, -0.2) is 4.79 Å². The van der Waals surface area contributed by atoms with E-state index < -0.39 is 48.8 Å². The van der Waals surface area contributed by atoms with Crippen molar-refractivity contribution in [3.05, 3.63) is 0 Å². The first-order chi connectivity index (χ1) is 11.9. The molecular formula is C15H25NO9. The standard InChI is InChI=1S/C15H25NO9/c1-4-24-12(18)8-10(15(21)25-5-2)13(14(19)20)16-11(17)9-23-7-6-22-3/h10,13H,4-9H2,1-3H3,(H,16,17)(H,19,20)/t10-,13+/m0/s1. The van der Waals surface area contributed by atoms with E-state index in [2.05, 4.69) is 5.32 Å². The maximum Gasteiger partial charge on any atom is 0.327 e. The lowest BCUT2D eigenvalue weighted by Crippen LogP contribution is -2.50. The van der Waals surface area contributed by atoms with Crippen molar-refractivity contribution in [3.63, 3.8) is 0 Å². The van der Waals surface area contributed by atoms with E-state index in [0.717, 1.165) is 0 Å². The van der Waals surface area contributed by atoms with E-state index in [1.807, 2.05) is 0 Å². The molecule has 144 valence electrons. The maximum atomic E-state index is 12.0. The molecular weight excluding hydrogens is 338 g/mol. The first-order valence-corrected chi connectivity index (χ1v) is 7.78. The van der Waals surface area contributed by atoms with Gasteiger partial charge in [0.05, 0.1) is 38.8 Å². The Kier molecular flexibility index (Phi) is 12.0. The fourth-order valence-electron chi connectivity index (χ4n) is 1.84. The van der Waals surface area contributed by atoms with Gasteiger partial charge in [-0.2, -0.15) is 0 Å². The zero-order chi connectivity index (χ0) is 19.2. The average molecular weight is 363 g/mol. The molecule has 0 heterocycles. The summed E-state index contributed by atoms with van der Waals surface area (Å²) in [6.07, 6.45) is -0.533. The van der Waals surface area contributed by atoms with Crippen molar-refractivity contribution in [2.24, 2.45) is 5.92 Å². The number of methoxy groups -OCH3 is 1.